The molecule has 4 heteroatoms. The van der Waals surface area contributed by atoms with E-state index >= 15 is 0 Å². The van der Waals surface area contributed by atoms with Crippen LogP contribution in [-0.4, -0.2) is 30.1 Å². The highest BCUT2D eigenvalue weighted by atomic mass is 28.1. The minimum atomic E-state index is 0.552. The minimum Gasteiger partial charge on any atom is -0.489 e. The molecule has 0 N–H and O–H groups in total. The highest BCUT2D eigenvalue weighted by Crippen LogP contribution is 2.38. The first-order chi connectivity index (χ1) is 15.3. The summed E-state index contributed by atoms with van der Waals surface area (Å²) in [5, 5.41) is 0.929. The third kappa shape index (κ3) is 6.52. The molecule has 3 atom stereocenters. The molecule has 0 amide bonds. The zero-order chi connectivity index (χ0) is 21.3. The molecule has 3 radical (unpaired) electrons. The second kappa shape index (κ2) is 11.6. The van der Waals surface area contributed by atoms with Crippen LogP contribution in [0.25, 0.3) is 0 Å². The van der Waals surface area contributed by atoms with Gasteiger partial charge in [-0.3, -0.25) is 0 Å². The largest absolute Gasteiger partial charge is 0.489 e. The average Bonchev–Trinajstić information content (AvgIpc) is 2.83. The van der Waals surface area contributed by atoms with Crippen LogP contribution >= 0.6 is 0 Å². The van der Waals surface area contributed by atoms with Crippen LogP contribution < -0.4 is 19.4 Å². The molecule has 0 saturated heterocycles. The van der Waals surface area contributed by atoms with Gasteiger partial charge in [-0.1, -0.05) is 42.5 Å². The van der Waals surface area contributed by atoms with E-state index in [1.54, 1.807) is 0 Å². The monoisotopic (exact) mass is 435 g/mol. The van der Waals surface area contributed by atoms with Gasteiger partial charge in [-0.2, -0.15) is 0 Å². The van der Waals surface area contributed by atoms with Crippen molar-refractivity contribution in [3.63, 3.8) is 0 Å². The zero-order valence-corrected chi connectivity index (χ0v) is 19.6. The summed E-state index contributed by atoms with van der Waals surface area (Å²) >= 11 is 0. The van der Waals surface area contributed by atoms with Crippen molar-refractivity contribution in [2.75, 3.05) is 19.8 Å². The first-order valence-corrected chi connectivity index (χ1v) is 12.5. The summed E-state index contributed by atoms with van der Waals surface area (Å²) in [6, 6.07) is 4.05. The molecular formula is C27H35O3Si. The van der Waals surface area contributed by atoms with Gasteiger partial charge in [-0.25, -0.2) is 0 Å². The smallest absolute Gasteiger partial charge is 0.203 e. The van der Waals surface area contributed by atoms with Crippen molar-refractivity contribution >= 4 is 15.4 Å². The Bertz CT molecular complexity index is 798. The fraction of sp³-hybridized carbons (Fsp3) is 0.556. The maximum Gasteiger partial charge on any atom is 0.203 e. The van der Waals surface area contributed by atoms with Crippen LogP contribution in [-0.2, 0) is 0 Å². The van der Waals surface area contributed by atoms with Crippen molar-refractivity contribution in [1.82, 2.24) is 0 Å². The number of hydrogen-bond acceptors (Lipinski definition) is 3. The Hall–Kier alpha value is -1.94. The second-order valence-corrected chi connectivity index (χ2v) is 9.69. The average molecular weight is 436 g/mol. The molecule has 31 heavy (non-hydrogen) atoms. The van der Waals surface area contributed by atoms with Crippen LogP contribution in [0.2, 0.25) is 0 Å². The highest BCUT2D eigenvalue weighted by molar-refractivity contribution is 6.34. The normalized spacial score (nSPS) is 25.4. The van der Waals surface area contributed by atoms with Gasteiger partial charge in [0.05, 0.1) is 30.1 Å². The fourth-order valence-electron chi connectivity index (χ4n) is 4.57. The van der Waals surface area contributed by atoms with Gasteiger partial charge in [0.1, 0.15) is 0 Å². The molecule has 1 aromatic carbocycles. The van der Waals surface area contributed by atoms with Crippen molar-refractivity contribution in [3.8, 4) is 17.2 Å². The Morgan fingerprint density at radius 2 is 1.10 bits per heavy atom. The van der Waals surface area contributed by atoms with Crippen molar-refractivity contribution in [3.05, 3.63) is 48.6 Å². The van der Waals surface area contributed by atoms with E-state index in [0.717, 1.165) is 67.6 Å². The molecule has 3 aliphatic carbocycles. The lowest BCUT2D eigenvalue weighted by Gasteiger charge is -2.25. The zero-order valence-electron chi connectivity index (χ0n) is 18.6. The van der Waals surface area contributed by atoms with Gasteiger partial charge >= 0.3 is 0 Å². The summed E-state index contributed by atoms with van der Waals surface area (Å²) in [5.41, 5.74) is 0. The molecule has 0 spiro atoms. The molecule has 3 unspecified atom stereocenters. The predicted molar refractivity (Wildman–Crippen MR) is 128 cm³/mol. The van der Waals surface area contributed by atoms with E-state index in [1.807, 2.05) is 12.1 Å². The van der Waals surface area contributed by atoms with Crippen LogP contribution in [0, 0.1) is 17.8 Å². The molecule has 3 aliphatic rings. The van der Waals surface area contributed by atoms with Gasteiger partial charge in [0.15, 0.2) is 11.5 Å². The fourth-order valence-corrected chi connectivity index (χ4v) is 4.84. The maximum absolute atomic E-state index is 6.43. The Morgan fingerprint density at radius 1 is 0.613 bits per heavy atom. The van der Waals surface area contributed by atoms with Crippen LogP contribution in [0.5, 0.6) is 17.2 Å². The summed E-state index contributed by atoms with van der Waals surface area (Å²) in [6.07, 6.45) is 23.9. The van der Waals surface area contributed by atoms with E-state index in [4.69, 9.17) is 14.2 Å². The van der Waals surface area contributed by atoms with E-state index in [9.17, 15) is 0 Å². The molecule has 0 heterocycles. The van der Waals surface area contributed by atoms with Gasteiger partial charge in [-0.05, 0) is 86.8 Å². The van der Waals surface area contributed by atoms with Gasteiger partial charge < -0.3 is 14.2 Å². The number of benzene rings is 1. The molecule has 0 aromatic heterocycles. The molecule has 1 aromatic rings. The predicted octanol–water partition coefficient (Wildman–Crippen LogP) is 5.69. The first-order valence-electron chi connectivity index (χ1n) is 12.0. The number of allylic oxidation sites excluding steroid dienone is 6. The van der Waals surface area contributed by atoms with Crippen LogP contribution in [0.15, 0.2) is 48.6 Å². The van der Waals surface area contributed by atoms with Gasteiger partial charge in [-0.15, -0.1) is 0 Å². The molecule has 165 valence electrons. The lowest BCUT2D eigenvalue weighted by Crippen LogP contribution is -2.21. The van der Waals surface area contributed by atoms with Crippen molar-refractivity contribution in [2.45, 2.75) is 57.8 Å². The van der Waals surface area contributed by atoms with E-state index in [2.05, 4.69) is 46.7 Å². The van der Waals surface area contributed by atoms with Crippen LogP contribution in [0.1, 0.15) is 57.8 Å². The Labute approximate surface area is 191 Å². The topological polar surface area (TPSA) is 27.7 Å². The van der Waals surface area contributed by atoms with Crippen LogP contribution in [0.3, 0.4) is 0 Å². The Balaban J connectivity index is 1.47. The SMILES string of the molecule is [Si]c1ccc(OCC2CC=CCC2)c(OCC2CC=CCC2)c1OCC1CC=CCC1. The molecule has 0 aliphatic heterocycles. The van der Waals surface area contributed by atoms with E-state index < -0.39 is 0 Å². The molecule has 0 fully saturated rings. The summed E-state index contributed by atoms with van der Waals surface area (Å²) in [7, 11) is 3.76. The lowest BCUT2D eigenvalue weighted by molar-refractivity contribution is 0.185. The van der Waals surface area contributed by atoms with Crippen molar-refractivity contribution in [1.29, 1.82) is 0 Å². The first kappa shape index (κ1) is 22.3. The molecule has 0 bridgehead atoms. The molecule has 3 nitrogen and oxygen atoms in total. The summed E-state index contributed by atoms with van der Waals surface area (Å²) in [6.45, 7) is 2.13. The summed E-state index contributed by atoms with van der Waals surface area (Å²) < 4.78 is 19.1. The minimum absolute atomic E-state index is 0.552. The quantitative estimate of drug-likeness (QED) is 0.369. The third-order valence-corrected chi connectivity index (χ3v) is 7.00. The molecular weight excluding hydrogens is 400 g/mol. The maximum atomic E-state index is 6.43. The number of hydrogen-bond donors (Lipinski definition) is 0. The number of rotatable bonds is 9. The standard InChI is InChI=1S/C27H35O3Si/c31-25-17-16-24(28-18-21-10-4-1-5-11-21)26(29-19-22-12-6-2-7-13-22)27(25)30-20-23-14-8-3-9-15-23/h1-4,6,8,16-17,21-23H,5,7,9-15,18-20H2. The second-order valence-electron chi connectivity index (χ2n) is 9.15. The third-order valence-electron chi connectivity index (χ3n) is 6.61. The van der Waals surface area contributed by atoms with Crippen LogP contribution in [0.4, 0.5) is 0 Å². The number of ether oxygens (including phenoxy) is 3. The van der Waals surface area contributed by atoms with E-state index in [0.29, 0.717) is 31.0 Å². The summed E-state index contributed by atoms with van der Waals surface area (Å²) in [5.74, 6) is 4.05. The Morgan fingerprint density at radius 3 is 1.58 bits per heavy atom. The van der Waals surface area contributed by atoms with Crippen molar-refractivity contribution < 1.29 is 14.2 Å². The lowest BCUT2D eigenvalue weighted by atomic mass is 9.95. The molecule has 4 rings (SSSR count). The van der Waals surface area contributed by atoms with E-state index in [-0.39, 0.29) is 0 Å². The van der Waals surface area contributed by atoms with E-state index in [1.165, 1.54) is 19.3 Å². The Kier molecular flexibility index (Phi) is 8.34. The molecule has 0 saturated carbocycles. The van der Waals surface area contributed by atoms with Gasteiger partial charge in [0.25, 0.3) is 0 Å². The van der Waals surface area contributed by atoms with Gasteiger partial charge in [0, 0.05) is 0 Å². The van der Waals surface area contributed by atoms with Gasteiger partial charge in [0.2, 0.25) is 5.75 Å². The van der Waals surface area contributed by atoms with Crippen molar-refractivity contribution in [2.24, 2.45) is 17.8 Å². The summed E-state index contributed by atoms with van der Waals surface area (Å²) in [4.78, 5) is 0. The highest BCUT2D eigenvalue weighted by Gasteiger charge is 2.21.